The third-order valence-electron chi connectivity index (χ3n) is 3.24. The van der Waals surface area contributed by atoms with Crippen LogP contribution in [0.4, 0.5) is 0 Å². The summed E-state index contributed by atoms with van der Waals surface area (Å²) in [5, 5.41) is 9.55. The number of aliphatic hydroxyl groups excluding tert-OH is 1. The van der Waals surface area contributed by atoms with E-state index < -0.39 is 6.10 Å². The fourth-order valence-corrected chi connectivity index (χ4v) is 1.95. The molecule has 1 rings (SSSR count). The first-order valence-corrected chi connectivity index (χ1v) is 6.33. The van der Waals surface area contributed by atoms with Crippen molar-refractivity contribution >= 4 is 0 Å². The van der Waals surface area contributed by atoms with Crippen molar-refractivity contribution in [1.82, 2.24) is 0 Å². The first kappa shape index (κ1) is 14.2. The molecule has 0 saturated carbocycles. The molecule has 0 aliphatic heterocycles. The molecule has 3 N–H and O–H groups in total. The van der Waals surface area contributed by atoms with Gasteiger partial charge in [-0.15, -0.1) is 0 Å². The zero-order valence-corrected chi connectivity index (χ0v) is 11.4. The van der Waals surface area contributed by atoms with Crippen molar-refractivity contribution in [1.29, 1.82) is 0 Å². The molecule has 0 fully saturated rings. The summed E-state index contributed by atoms with van der Waals surface area (Å²) in [6.07, 6.45) is 0.332. The predicted octanol–water partition coefficient (Wildman–Crippen LogP) is 2.80. The van der Waals surface area contributed by atoms with Gasteiger partial charge in [0, 0.05) is 6.54 Å². The van der Waals surface area contributed by atoms with Crippen molar-refractivity contribution in [2.24, 2.45) is 5.73 Å². The molecule has 2 heteroatoms. The summed E-state index contributed by atoms with van der Waals surface area (Å²) in [7, 11) is 0. The Kier molecular flexibility index (Phi) is 4.72. The molecule has 0 amide bonds. The first-order chi connectivity index (χ1) is 7.84. The van der Waals surface area contributed by atoms with Gasteiger partial charge >= 0.3 is 0 Å². The Morgan fingerprint density at radius 2 is 1.71 bits per heavy atom. The van der Waals surface area contributed by atoms with E-state index in [2.05, 4.69) is 52.0 Å². The van der Waals surface area contributed by atoms with Gasteiger partial charge in [0.05, 0.1) is 6.10 Å². The average molecular weight is 235 g/mol. The molecule has 0 saturated heterocycles. The Balaban J connectivity index is 2.74. The van der Waals surface area contributed by atoms with E-state index in [1.807, 2.05) is 0 Å². The summed E-state index contributed by atoms with van der Waals surface area (Å²) in [4.78, 5) is 0. The molecule has 1 aromatic rings. The molecule has 2 unspecified atom stereocenters. The molecular weight excluding hydrogens is 210 g/mol. The van der Waals surface area contributed by atoms with Crippen LogP contribution < -0.4 is 5.73 Å². The minimum atomic E-state index is -0.396. The lowest BCUT2D eigenvalue weighted by atomic mass is 9.85. The van der Waals surface area contributed by atoms with Crippen LogP contribution in [0.2, 0.25) is 0 Å². The van der Waals surface area contributed by atoms with Crippen LogP contribution in [0.1, 0.15) is 51.2 Å². The third-order valence-corrected chi connectivity index (χ3v) is 3.24. The van der Waals surface area contributed by atoms with Crippen LogP contribution in [0, 0.1) is 0 Å². The minimum Gasteiger partial charge on any atom is -0.392 e. The smallest absolute Gasteiger partial charge is 0.0668 e. The van der Waals surface area contributed by atoms with Gasteiger partial charge in [0.1, 0.15) is 0 Å². The first-order valence-electron chi connectivity index (χ1n) is 6.33. The van der Waals surface area contributed by atoms with Gasteiger partial charge in [0.2, 0.25) is 0 Å². The van der Waals surface area contributed by atoms with Crippen LogP contribution >= 0.6 is 0 Å². The van der Waals surface area contributed by atoms with Crippen LogP contribution in [-0.2, 0) is 5.41 Å². The SMILES string of the molecule is CC(CC(O)CN)c1ccc(C(C)(C)C)cc1. The van der Waals surface area contributed by atoms with Gasteiger partial charge in [-0.05, 0) is 28.9 Å². The second-order valence-corrected chi connectivity index (χ2v) is 5.90. The number of hydrogen-bond donors (Lipinski definition) is 2. The van der Waals surface area contributed by atoms with Gasteiger partial charge in [-0.1, -0.05) is 52.0 Å². The maximum Gasteiger partial charge on any atom is 0.0668 e. The van der Waals surface area contributed by atoms with Crippen molar-refractivity contribution < 1.29 is 5.11 Å². The molecule has 17 heavy (non-hydrogen) atoms. The van der Waals surface area contributed by atoms with Gasteiger partial charge < -0.3 is 10.8 Å². The molecule has 0 aromatic heterocycles. The molecule has 2 atom stereocenters. The van der Waals surface area contributed by atoms with E-state index in [9.17, 15) is 5.11 Å². The maximum absolute atomic E-state index is 9.55. The molecule has 0 bridgehead atoms. The topological polar surface area (TPSA) is 46.2 Å². The third kappa shape index (κ3) is 4.14. The second kappa shape index (κ2) is 5.65. The van der Waals surface area contributed by atoms with Crippen molar-refractivity contribution in [3.05, 3.63) is 35.4 Å². The monoisotopic (exact) mass is 235 g/mol. The largest absolute Gasteiger partial charge is 0.392 e. The highest BCUT2D eigenvalue weighted by Crippen LogP contribution is 2.26. The van der Waals surface area contributed by atoms with Gasteiger partial charge in [-0.25, -0.2) is 0 Å². The Morgan fingerprint density at radius 3 is 2.12 bits per heavy atom. The van der Waals surface area contributed by atoms with Crippen molar-refractivity contribution in [2.75, 3.05) is 6.54 Å². The van der Waals surface area contributed by atoms with Crippen LogP contribution in [0.5, 0.6) is 0 Å². The normalized spacial score (nSPS) is 15.6. The molecule has 0 spiro atoms. The van der Waals surface area contributed by atoms with Gasteiger partial charge in [0.25, 0.3) is 0 Å². The highest BCUT2D eigenvalue weighted by atomic mass is 16.3. The number of nitrogens with two attached hydrogens (primary N) is 1. The Morgan fingerprint density at radius 1 is 1.18 bits per heavy atom. The number of benzene rings is 1. The second-order valence-electron chi connectivity index (χ2n) is 5.90. The molecule has 0 aliphatic carbocycles. The lowest BCUT2D eigenvalue weighted by Gasteiger charge is -2.21. The van der Waals surface area contributed by atoms with Crippen LogP contribution in [-0.4, -0.2) is 17.8 Å². The van der Waals surface area contributed by atoms with E-state index in [-0.39, 0.29) is 5.41 Å². The summed E-state index contributed by atoms with van der Waals surface area (Å²) in [6.45, 7) is 9.10. The number of aliphatic hydroxyl groups is 1. The zero-order chi connectivity index (χ0) is 13.1. The molecule has 0 aliphatic rings. The summed E-state index contributed by atoms with van der Waals surface area (Å²) >= 11 is 0. The summed E-state index contributed by atoms with van der Waals surface area (Å²) in [5.41, 5.74) is 8.23. The summed E-state index contributed by atoms with van der Waals surface area (Å²) in [6, 6.07) is 8.68. The lowest BCUT2D eigenvalue weighted by Crippen LogP contribution is -2.21. The van der Waals surface area contributed by atoms with Crippen molar-refractivity contribution in [3.63, 3.8) is 0 Å². The number of rotatable bonds is 4. The van der Waals surface area contributed by atoms with Gasteiger partial charge in [-0.3, -0.25) is 0 Å². The molecule has 96 valence electrons. The molecule has 0 heterocycles. The van der Waals surface area contributed by atoms with Crippen LogP contribution in [0.3, 0.4) is 0 Å². The van der Waals surface area contributed by atoms with Crippen molar-refractivity contribution in [3.8, 4) is 0 Å². The molecular formula is C15H25NO. The van der Waals surface area contributed by atoms with E-state index in [0.29, 0.717) is 12.5 Å². The zero-order valence-electron chi connectivity index (χ0n) is 11.4. The lowest BCUT2D eigenvalue weighted by molar-refractivity contribution is 0.165. The quantitative estimate of drug-likeness (QED) is 0.843. The van der Waals surface area contributed by atoms with E-state index in [0.717, 1.165) is 6.42 Å². The fourth-order valence-electron chi connectivity index (χ4n) is 1.95. The minimum absolute atomic E-state index is 0.193. The highest BCUT2D eigenvalue weighted by molar-refractivity contribution is 5.29. The van der Waals surface area contributed by atoms with Gasteiger partial charge in [-0.2, -0.15) is 0 Å². The molecule has 2 nitrogen and oxygen atoms in total. The van der Waals surface area contributed by atoms with E-state index >= 15 is 0 Å². The summed E-state index contributed by atoms with van der Waals surface area (Å²) in [5.74, 6) is 0.350. The standard InChI is InChI=1S/C15H25NO/c1-11(9-14(17)10-16)12-5-7-13(8-6-12)15(2,3)4/h5-8,11,14,17H,9-10,16H2,1-4H3. The molecule has 0 radical (unpaired) electrons. The van der Waals surface area contributed by atoms with E-state index in [1.165, 1.54) is 11.1 Å². The van der Waals surface area contributed by atoms with E-state index in [1.54, 1.807) is 0 Å². The van der Waals surface area contributed by atoms with Crippen LogP contribution in [0.25, 0.3) is 0 Å². The Labute approximate surface area is 105 Å². The fraction of sp³-hybridized carbons (Fsp3) is 0.600. The Bertz CT molecular complexity index is 337. The molecule has 1 aromatic carbocycles. The predicted molar refractivity (Wildman–Crippen MR) is 73.2 cm³/mol. The van der Waals surface area contributed by atoms with Crippen LogP contribution in [0.15, 0.2) is 24.3 Å². The van der Waals surface area contributed by atoms with E-state index in [4.69, 9.17) is 5.73 Å². The summed E-state index contributed by atoms with van der Waals surface area (Å²) < 4.78 is 0. The average Bonchev–Trinajstić information content (AvgIpc) is 2.27. The maximum atomic E-state index is 9.55. The van der Waals surface area contributed by atoms with Crippen molar-refractivity contribution in [2.45, 2.75) is 51.6 Å². The Hall–Kier alpha value is -0.860. The van der Waals surface area contributed by atoms with Gasteiger partial charge in [0.15, 0.2) is 0 Å². The number of hydrogen-bond acceptors (Lipinski definition) is 2. The highest BCUT2D eigenvalue weighted by Gasteiger charge is 2.15.